The monoisotopic (exact) mass is 310 g/mol. The van der Waals surface area contributed by atoms with Crippen molar-refractivity contribution in [2.75, 3.05) is 35.0 Å². The van der Waals surface area contributed by atoms with Crippen LogP contribution in [0.5, 0.6) is 5.75 Å². The van der Waals surface area contributed by atoms with Gasteiger partial charge in [-0.3, -0.25) is 9.59 Å². The van der Waals surface area contributed by atoms with Gasteiger partial charge in [0, 0.05) is 33.5 Å². The fraction of sp³-hybridized carbons (Fsp3) is 0.412. The first-order chi connectivity index (χ1) is 10.4. The largest absolute Gasteiger partial charge is 0.496 e. The summed E-state index contributed by atoms with van der Waals surface area (Å²) in [7, 11) is 6.49. The van der Waals surface area contributed by atoms with Crippen molar-refractivity contribution in [2.45, 2.75) is 13.8 Å². The van der Waals surface area contributed by atoms with E-state index in [0.29, 0.717) is 17.6 Å². The third kappa shape index (κ3) is 9.05. The van der Waals surface area contributed by atoms with Crippen molar-refractivity contribution >= 4 is 12.1 Å². The molecule has 0 aromatic heterocycles. The van der Waals surface area contributed by atoms with E-state index in [0.717, 1.165) is 12.2 Å². The quantitative estimate of drug-likeness (QED) is 0.275. The maximum absolute atomic E-state index is 11.6. The smallest absolute Gasteiger partial charge is 0.195 e. The van der Waals surface area contributed by atoms with Crippen molar-refractivity contribution in [2.24, 2.45) is 0 Å². The van der Waals surface area contributed by atoms with Gasteiger partial charge in [0.25, 0.3) is 0 Å². The average molecular weight is 310 g/mol. The van der Waals surface area contributed by atoms with Gasteiger partial charge >= 0.3 is 0 Å². The molecule has 5 nitrogen and oxygen atoms in total. The summed E-state index contributed by atoms with van der Waals surface area (Å²) in [5.74, 6) is 0.360. The number of carbonyl (C=O) groups is 2. The lowest BCUT2D eigenvalue weighted by atomic mass is 10.0. The lowest BCUT2D eigenvalue weighted by Crippen LogP contribution is -2.03. The maximum atomic E-state index is 11.6. The van der Waals surface area contributed by atoms with E-state index in [4.69, 9.17) is 4.74 Å². The molecule has 0 saturated heterocycles. The predicted molar refractivity (Wildman–Crippen MR) is 87.7 cm³/mol. The molecule has 0 saturated carbocycles. The number of ketones is 1. The molecule has 1 aromatic rings. The minimum Gasteiger partial charge on any atom is -0.496 e. The zero-order chi connectivity index (χ0) is 17.5. The SMILES string of the molecule is C=C(C=O)C(=O)c1ccc(OC)c(C)c1.CCOC.COC. The second-order valence-corrected chi connectivity index (χ2v) is 4.14. The van der Waals surface area contributed by atoms with E-state index in [2.05, 4.69) is 16.1 Å². The van der Waals surface area contributed by atoms with Gasteiger partial charge in [-0.15, -0.1) is 0 Å². The molecule has 0 fully saturated rings. The molecule has 0 spiro atoms. The molecule has 0 aliphatic heterocycles. The van der Waals surface area contributed by atoms with Crippen LogP contribution in [-0.2, 0) is 14.3 Å². The molecular weight excluding hydrogens is 284 g/mol. The summed E-state index contributed by atoms with van der Waals surface area (Å²) in [6, 6.07) is 4.99. The number of allylic oxidation sites excluding steroid dienone is 1. The predicted octanol–water partition coefficient (Wildman–Crippen LogP) is 2.86. The molecule has 0 heterocycles. The Hall–Kier alpha value is -1.98. The summed E-state index contributed by atoms with van der Waals surface area (Å²) in [6.45, 7) is 7.98. The molecule has 0 aliphatic rings. The van der Waals surface area contributed by atoms with E-state index in [-0.39, 0.29) is 11.4 Å². The minimum atomic E-state index is -0.351. The summed E-state index contributed by atoms with van der Waals surface area (Å²) < 4.78 is 13.9. The molecule has 0 atom stereocenters. The first-order valence-corrected chi connectivity index (χ1v) is 6.65. The second kappa shape index (κ2) is 14.0. The molecule has 5 heteroatoms. The van der Waals surface area contributed by atoms with Crippen molar-refractivity contribution in [1.82, 2.24) is 0 Å². The van der Waals surface area contributed by atoms with Crippen LogP contribution >= 0.6 is 0 Å². The molecule has 1 rings (SSSR count). The maximum Gasteiger partial charge on any atom is 0.195 e. The van der Waals surface area contributed by atoms with Gasteiger partial charge in [0.1, 0.15) is 5.75 Å². The summed E-state index contributed by atoms with van der Waals surface area (Å²) in [5, 5.41) is 0. The van der Waals surface area contributed by atoms with Crippen LogP contribution < -0.4 is 4.74 Å². The Bertz CT molecular complexity index is 464. The number of carbonyl (C=O) groups excluding carboxylic acids is 2. The molecule has 0 N–H and O–H groups in total. The van der Waals surface area contributed by atoms with Gasteiger partial charge in [0.05, 0.1) is 12.7 Å². The number of ether oxygens (including phenoxy) is 3. The van der Waals surface area contributed by atoms with E-state index in [9.17, 15) is 9.59 Å². The zero-order valence-corrected chi connectivity index (χ0v) is 14.3. The van der Waals surface area contributed by atoms with Crippen LogP contribution in [0.3, 0.4) is 0 Å². The normalized spacial score (nSPS) is 8.64. The Morgan fingerprint density at radius 3 is 2.05 bits per heavy atom. The van der Waals surface area contributed by atoms with E-state index in [1.165, 1.54) is 0 Å². The van der Waals surface area contributed by atoms with Gasteiger partial charge in [0.2, 0.25) is 0 Å². The van der Waals surface area contributed by atoms with Gasteiger partial charge in [-0.05, 0) is 37.6 Å². The molecule has 0 radical (unpaired) electrons. The van der Waals surface area contributed by atoms with Crippen molar-refractivity contribution < 1.29 is 23.8 Å². The Morgan fingerprint density at radius 2 is 1.73 bits per heavy atom. The lowest BCUT2D eigenvalue weighted by molar-refractivity contribution is -0.104. The zero-order valence-electron chi connectivity index (χ0n) is 14.3. The fourth-order valence-corrected chi connectivity index (χ4v) is 1.26. The van der Waals surface area contributed by atoms with Crippen LogP contribution in [0, 0.1) is 6.92 Å². The first-order valence-electron chi connectivity index (χ1n) is 6.65. The van der Waals surface area contributed by atoms with Crippen LogP contribution in [0.25, 0.3) is 0 Å². The van der Waals surface area contributed by atoms with Crippen molar-refractivity contribution in [3.8, 4) is 5.75 Å². The Labute approximate surface area is 132 Å². The van der Waals surface area contributed by atoms with Crippen molar-refractivity contribution in [3.63, 3.8) is 0 Å². The van der Waals surface area contributed by atoms with E-state index in [1.54, 1.807) is 46.6 Å². The highest BCUT2D eigenvalue weighted by Gasteiger charge is 2.10. The lowest BCUT2D eigenvalue weighted by Gasteiger charge is -2.06. The summed E-state index contributed by atoms with van der Waals surface area (Å²) in [4.78, 5) is 21.9. The molecule has 0 bridgehead atoms. The number of hydrogen-bond donors (Lipinski definition) is 0. The number of aryl methyl sites for hydroxylation is 1. The Morgan fingerprint density at radius 1 is 1.23 bits per heavy atom. The van der Waals surface area contributed by atoms with Crippen molar-refractivity contribution in [1.29, 1.82) is 0 Å². The number of methoxy groups -OCH3 is 3. The molecular formula is C17H26O5. The first kappa shape index (κ1) is 22.3. The van der Waals surface area contributed by atoms with E-state index in [1.807, 2.05) is 13.8 Å². The molecule has 22 heavy (non-hydrogen) atoms. The number of Topliss-reactive ketones (excluding diaryl/α,β-unsaturated/α-hetero) is 1. The highest BCUT2D eigenvalue weighted by atomic mass is 16.5. The van der Waals surface area contributed by atoms with Crippen LogP contribution in [-0.4, -0.2) is 47.1 Å². The van der Waals surface area contributed by atoms with Crippen LogP contribution in [0.2, 0.25) is 0 Å². The number of hydrogen-bond acceptors (Lipinski definition) is 5. The average Bonchev–Trinajstić information content (AvgIpc) is 2.54. The van der Waals surface area contributed by atoms with Crippen LogP contribution in [0.1, 0.15) is 22.8 Å². The summed E-state index contributed by atoms with van der Waals surface area (Å²) in [5.41, 5.74) is 1.26. The van der Waals surface area contributed by atoms with Gasteiger partial charge < -0.3 is 14.2 Å². The minimum absolute atomic E-state index is 0.0421. The molecule has 124 valence electrons. The van der Waals surface area contributed by atoms with Gasteiger partial charge in [-0.25, -0.2) is 0 Å². The summed E-state index contributed by atoms with van der Waals surface area (Å²) >= 11 is 0. The van der Waals surface area contributed by atoms with E-state index >= 15 is 0 Å². The van der Waals surface area contributed by atoms with Crippen LogP contribution in [0.4, 0.5) is 0 Å². The fourth-order valence-electron chi connectivity index (χ4n) is 1.26. The Kier molecular flexibility index (Phi) is 14.2. The standard InChI is InChI=1S/C12H12O3.C3H8O.C2H6O/c1-8-6-10(4-5-11(8)15-3)12(14)9(2)7-13;1-3-4-2;1-3-2/h4-7H,2H2,1,3H3;3H2,1-2H3;1-2H3. The summed E-state index contributed by atoms with van der Waals surface area (Å²) in [6.07, 6.45) is 0.460. The number of benzene rings is 1. The van der Waals surface area contributed by atoms with Gasteiger partial charge in [-0.1, -0.05) is 6.58 Å². The Balaban J connectivity index is 0. The van der Waals surface area contributed by atoms with Gasteiger partial charge in [0.15, 0.2) is 12.1 Å². The highest BCUT2D eigenvalue weighted by Crippen LogP contribution is 2.19. The van der Waals surface area contributed by atoms with E-state index < -0.39 is 0 Å². The second-order valence-electron chi connectivity index (χ2n) is 4.14. The van der Waals surface area contributed by atoms with Crippen molar-refractivity contribution in [3.05, 3.63) is 41.5 Å². The number of aldehydes is 1. The molecule has 0 aliphatic carbocycles. The third-order valence-electron chi connectivity index (χ3n) is 2.38. The van der Waals surface area contributed by atoms with Crippen LogP contribution in [0.15, 0.2) is 30.4 Å². The topological polar surface area (TPSA) is 61.8 Å². The van der Waals surface area contributed by atoms with Gasteiger partial charge in [-0.2, -0.15) is 0 Å². The third-order valence-corrected chi connectivity index (χ3v) is 2.38. The molecule has 1 aromatic carbocycles. The molecule has 0 amide bonds. The number of rotatable bonds is 5. The highest BCUT2D eigenvalue weighted by molar-refractivity contribution is 6.19. The molecule has 0 unspecified atom stereocenters.